The maximum absolute atomic E-state index is 5.01. The van der Waals surface area contributed by atoms with Crippen LogP contribution in [0, 0.1) is 6.92 Å². The van der Waals surface area contributed by atoms with Crippen LogP contribution in [0.1, 0.15) is 18.7 Å². The number of anilines is 2. The molecule has 0 aliphatic rings. The second kappa shape index (κ2) is 9.52. The largest absolute Gasteiger partial charge is 0.385 e. The molecular formula is C13H25N5O. The van der Waals surface area contributed by atoms with Gasteiger partial charge in [0.2, 0.25) is 0 Å². The normalized spacial score (nSPS) is 10.5. The lowest BCUT2D eigenvalue weighted by molar-refractivity contribution is 0.198. The molecule has 6 heteroatoms. The molecule has 0 radical (unpaired) electrons. The van der Waals surface area contributed by atoms with E-state index in [9.17, 15) is 0 Å². The Bertz CT molecular complexity index is 329. The summed E-state index contributed by atoms with van der Waals surface area (Å²) in [7, 11) is 3.67. The molecule has 0 atom stereocenters. The van der Waals surface area contributed by atoms with Crippen molar-refractivity contribution in [2.24, 2.45) is 0 Å². The topological polar surface area (TPSA) is 71.1 Å². The van der Waals surface area contributed by atoms with E-state index in [2.05, 4.69) is 25.9 Å². The lowest BCUT2D eigenvalue weighted by Gasteiger charge is -2.10. The molecule has 1 rings (SSSR count). The SMILES string of the molecule is CNCCCNc1cc(NCCCOC)nc(C)n1. The minimum absolute atomic E-state index is 0.756. The van der Waals surface area contributed by atoms with Crippen LogP contribution in [0.3, 0.4) is 0 Å². The molecule has 0 unspecified atom stereocenters. The highest BCUT2D eigenvalue weighted by molar-refractivity contribution is 5.47. The molecule has 0 aliphatic heterocycles. The predicted molar refractivity (Wildman–Crippen MR) is 78.8 cm³/mol. The van der Waals surface area contributed by atoms with E-state index in [1.165, 1.54) is 0 Å². The highest BCUT2D eigenvalue weighted by Gasteiger charge is 2.01. The fourth-order valence-corrected chi connectivity index (χ4v) is 1.66. The van der Waals surface area contributed by atoms with Crippen molar-refractivity contribution in [3.63, 3.8) is 0 Å². The van der Waals surface area contributed by atoms with Crippen LogP contribution in [0.25, 0.3) is 0 Å². The molecule has 0 fully saturated rings. The fraction of sp³-hybridized carbons (Fsp3) is 0.692. The van der Waals surface area contributed by atoms with Gasteiger partial charge in [-0.05, 0) is 33.4 Å². The van der Waals surface area contributed by atoms with Crippen molar-refractivity contribution in [3.05, 3.63) is 11.9 Å². The van der Waals surface area contributed by atoms with E-state index in [-0.39, 0.29) is 0 Å². The molecule has 0 aromatic carbocycles. The second-order valence-electron chi connectivity index (χ2n) is 4.34. The Labute approximate surface area is 115 Å². The van der Waals surface area contributed by atoms with E-state index in [4.69, 9.17) is 4.74 Å². The fourth-order valence-electron chi connectivity index (χ4n) is 1.66. The summed E-state index contributed by atoms with van der Waals surface area (Å²) in [5.41, 5.74) is 0. The van der Waals surface area contributed by atoms with Crippen molar-refractivity contribution in [1.29, 1.82) is 0 Å². The quantitative estimate of drug-likeness (QED) is 0.554. The molecule has 0 saturated heterocycles. The highest BCUT2D eigenvalue weighted by Crippen LogP contribution is 2.10. The summed E-state index contributed by atoms with van der Waals surface area (Å²) in [5, 5.41) is 9.70. The van der Waals surface area contributed by atoms with Crippen molar-refractivity contribution in [1.82, 2.24) is 15.3 Å². The van der Waals surface area contributed by atoms with Gasteiger partial charge < -0.3 is 20.7 Å². The first-order valence-electron chi connectivity index (χ1n) is 6.73. The first-order valence-corrected chi connectivity index (χ1v) is 6.73. The first kappa shape index (κ1) is 15.7. The summed E-state index contributed by atoms with van der Waals surface area (Å²) in [6.45, 7) is 5.41. The van der Waals surface area contributed by atoms with E-state index >= 15 is 0 Å². The van der Waals surface area contributed by atoms with Crippen LogP contribution in [-0.4, -0.2) is 50.4 Å². The summed E-state index contributed by atoms with van der Waals surface area (Å²) in [4.78, 5) is 8.73. The Hall–Kier alpha value is -1.40. The van der Waals surface area contributed by atoms with Crippen molar-refractivity contribution >= 4 is 11.6 Å². The van der Waals surface area contributed by atoms with Crippen LogP contribution in [0.5, 0.6) is 0 Å². The summed E-state index contributed by atoms with van der Waals surface area (Å²) in [6, 6.07) is 1.94. The van der Waals surface area contributed by atoms with E-state index < -0.39 is 0 Å². The maximum Gasteiger partial charge on any atom is 0.131 e. The van der Waals surface area contributed by atoms with Gasteiger partial charge in [-0.3, -0.25) is 0 Å². The molecule has 1 aromatic rings. The standard InChI is InChI=1S/C13H25N5O/c1-11-17-12(15-7-4-6-14-2)10-13(18-11)16-8-5-9-19-3/h10,14H,4-9H2,1-3H3,(H2,15,16,17,18). The number of hydrogen-bond acceptors (Lipinski definition) is 6. The number of hydrogen-bond donors (Lipinski definition) is 3. The van der Waals surface area contributed by atoms with Crippen LogP contribution in [-0.2, 0) is 4.74 Å². The lowest BCUT2D eigenvalue weighted by Crippen LogP contribution is -2.14. The summed E-state index contributed by atoms with van der Waals surface area (Å²) >= 11 is 0. The summed E-state index contributed by atoms with van der Waals surface area (Å²) < 4.78 is 5.01. The number of aryl methyl sites for hydroxylation is 1. The summed E-state index contributed by atoms with van der Waals surface area (Å²) in [6.07, 6.45) is 2.03. The molecule has 1 heterocycles. The molecule has 1 aromatic heterocycles. The highest BCUT2D eigenvalue weighted by atomic mass is 16.5. The van der Waals surface area contributed by atoms with E-state index in [0.29, 0.717) is 0 Å². The lowest BCUT2D eigenvalue weighted by atomic mass is 10.4. The molecule has 0 amide bonds. The number of methoxy groups -OCH3 is 1. The van der Waals surface area contributed by atoms with Gasteiger partial charge in [0.25, 0.3) is 0 Å². The number of ether oxygens (including phenoxy) is 1. The van der Waals surface area contributed by atoms with Crippen LogP contribution in [0.2, 0.25) is 0 Å². The Kier molecular flexibility index (Phi) is 7.84. The zero-order valence-electron chi connectivity index (χ0n) is 12.1. The number of nitrogens with zero attached hydrogens (tertiary/aromatic N) is 2. The van der Waals surface area contributed by atoms with Crippen LogP contribution >= 0.6 is 0 Å². The van der Waals surface area contributed by atoms with Gasteiger partial charge in [0.05, 0.1) is 0 Å². The first-order chi connectivity index (χ1) is 9.26. The van der Waals surface area contributed by atoms with Gasteiger partial charge in [-0.2, -0.15) is 0 Å². The Morgan fingerprint density at radius 3 is 2.26 bits per heavy atom. The predicted octanol–water partition coefficient (Wildman–Crippen LogP) is 1.25. The maximum atomic E-state index is 5.01. The number of rotatable bonds is 10. The zero-order chi connectivity index (χ0) is 13.9. The summed E-state index contributed by atoms with van der Waals surface area (Å²) in [5.74, 6) is 2.51. The zero-order valence-corrected chi connectivity index (χ0v) is 12.1. The molecule has 6 nitrogen and oxygen atoms in total. The van der Waals surface area contributed by atoms with Crippen LogP contribution < -0.4 is 16.0 Å². The molecule has 3 N–H and O–H groups in total. The van der Waals surface area contributed by atoms with Crippen LogP contribution in [0.15, 0.2) is 6.07 Å². The Morgan fingerprint density at radius 1 is 1.05 bits per heavy atom. The van der Waals surface area contributed by atoms with E-state index in [1.807, 2.05) is 20.0 Å². The third-order valence-electron chi connectivity index (χ3n) is 2.58. The molecule has 0 saturated carbocycles. The van der Waals surface area contributed by atoms with Gasteiger partial charge >= 0.3 is 0 Å². The minimum atomic E-state index is 0.756. The Balaban J connectivity index is 2.41. The van der Waals surface area contributed by atoms with Crippen molar-refractivity contribution in [2.75, 3.05) is 51.0 Å². The molecular weight excluding hydrogens is 242 g/mol. The van der Waals surface area contributed by atoms with Gasteiger partial charge in [-0.15, -0.1) is 0 Å². The van der Waals surface area contributed by atoms with E-state index in [0.717, 1.165) is 56.5 Å². The van der Waals surface area contributed by atoms with Crippen molar-refractivity contribution in [3.8, 4) is 0 Å². The van der Waals surface area contributed by atoms with Crippen LogP contribution in [0.4, 0.5) is 11.6 Å². The van der Waals surface area contributed by atoms with Gasteiger partial charge in [0, 0.05) is 32.9 Å². The van der Waals surface area contributed by atoms with Gasteiger partial charge in [-0.25, -0.2) is 9.97 Å². The Morgan fingerprint density at radius 2 is 1.68 bits per heavy atom. The number of nitrogens with one attached hydrogen (secondary N) is 3. The molecule has 0 spiro atoms. The molecule has 19 heavy (non-hydrogen) atoms. The third-order valence-corrected chi connectivity index (χ3v) is 2.58. The molecule has 0 aliphatic carbocycles. The average molecular weight is 267 g/mol. The van der Waals surface area contributed by atoms with Crippen molar-refractivity contribution in [2.45, 2.75) is 19.8 Å². The minimum Gasteiger partial charge on any atom is -0.385 e. The second-order valence-corrected chi connectivity index (χ2v) is 4.34. The monoisotopic (exact) mass is 267 g/mol. The average Bonchev–Trinajstić information content (AvgIpc) is 2.39. The van der Waals surface area contributed by atoms with Gasteiger partial charge in [0.15, 0.2) is 0 Å². The number of aromatic nitrogens is 2. The van der Waals surface area contributed by atoms with Gasteiger partial charge in [0.1, 0.15) is 17.5 Å². The van der Waals surface area contributed by atoms with Gasteiger partial charge in [-0.1, -0.05) is 0 Å². The molecule has 108 valence electrons. The third kappa shape index (κ3) is 6.93. The smallest absolute Gasteiger partial charge is 0.131 e. The van der Waals surface area contributed by atoms with E-state index in [1.54, 1.807) is 7.11 Å². The molecule has 0 bridgehead atoms. The van der Waals surface area contributed by atoms with Crippen molar-refractivity contribution < 1.29 is 4.74 Å².